The molecule has 4 atom stereocenters. The van der Waals surface area contributed by atoms with Crippen LogP contribution in [-0.2, 0) is 14.2 Å². The van der Waals surface area contributed by atoms with Gasteiger partial charge in [0.1, 0.15) is 0 Å². The van der Waals surface area contributed by atoms with E-state index in [0.29, 0.717) is 43.1 Å². The Bertz CT molecular complexity index is 637. The Kier molecular flexibility index (Phi) is 4.83. The van der Waals surface area contributed by atoms with E-state index in [9.17, 15) is 4.79 Å². The van der Waals surface area contributed by atoms with Crippen LogP contribution in [0.2, 0.25) is 0 Å². The summed E-state index contributed by atoms with van der Waals surface area (Å²) < 4.78 is 17.7. The predicted molar refractivity (Wildman–Crippen MR) is 98.7 cm³/mol. The normalized spacial score (nSPS) is 35.8. The Morgan fingerprint density at radius 3 is 2.58 bits per heavy atom. The molecule has 142 valence electrons. The first-order valence-electron chi connectivity index (χ1n) is 10.0. The summed E-state index contributed by atoms with van der Waals surface area (Å²) in [5, 5.41) is 0. The zero-order valence-electron chi connectivity index (χ0n) is 15.9. The van der Waals surface area contributed by atoms with Crippen LogP contribution in [0.5, 0.6) is 0 Å². The van der Waals surface area contributed by atoms with Crippen LogP contribution < -0.4 is 0 Å². The van der Waals surface area contributed by atoms with Gasteiger partial charge in [-0.05, 0) is 62.0 Å². The highest BCUT2D eigenvalue weighted by Gasteiger charge is 2.58. The number of fused-ring (bicyclic) bond motifs is 1. The molecule has 4 rings (SSSR count). The molecule has 4 heteroatoms. The van der Waals surface area contributed by atoms with Gasteiger partial charge < -0.3 is 14.2 Å². The molecule has 1 heterocycles. The second-order valence-corrected chi connectivity index (χ2v) is 8.57. The van der Waals surface area contributed by atoms with Crippen LogP contribution in [0.3, 0.4) is 0 Å². The van der Waals surface area contributed by atoms with Crippen molar-refractivity contribution in [2.45, 2.75) is 51.7 Å². The Hall–Kier alpha value is -1.39. The van der Waals surface area contributed by atoms with Crippen molar-refractivity contribution in [1.82, 2.24) is 0 Å². The fraction of sp³-hybridized carbons (Fsp3) is 0.682. The Labute approximate surface area is 156 Å². The van der Waals surface area contributed by atoms with Gasteiger partial charge in [-0.25, -0.2) is 4.79 Å². The molecule has 4 nitrogen and oxygen atoms in total. The number of carbonyl (C=O) groups is 1. The zero-order valence-corrected chi connectivity index (χ0v) is 15.9. The third-order valence-electron chi connectivity index (χ3n) is 7.20. The summed E-state index contributed by atoms with van der Waals surface area (Å²) in [6.45, 7) is 6.46. The number of benzene rings is 1. The number of rotatable bonds is 4. The first-order valence-corrected chi connectivity index (χ1v) is 10.0. The molecule has 1 aromatic rings. The maximum absolute atomic E-state index is 12.3. The van der Waals surface area contributed by atoms with Gasteiger partial charge in [-0.3, -0.25) is 0 Å². The largest absolute Gasteiger partial charge is 0.462 e. The highest BCUT2D eigenvalue weighted by atomic mass is 16.7. The van der Waals surface area contributed by atoms with Gasteiger partial charge in [-0.2, -0.15) is 0 Å². The summed E-state index contributed by atoms with van der Waals surface area (Å²) in [5.41, 5.74) is 0.844. The Morgan fingerprint density at radius 2 is 1.85 bits per heavy atom. The molecule has 1 saturated heterocycles. The molecule has 0 bridgehead atoms. The third kappa shape index (κ3) is 3.07. The van der Waals surface area contributed by atoms with E-state index >= 15 is 0 Å². The highest BCUT2D eigenvalue weighted by molar-refractivity contribution is 5.89. The maximum atomic E-state index is 12.3. The average Bonchev–Trinajstić information content (AvgIpc) is 3.24. The number of esters is 1. The van der Waals surface area contributed by atoms with Gasteiger partial charge in [-0.1, -0.05) is 31.5 Å². The lowest BCUT2D eigenvalue weighted by Gasteiger charge is -2.48. The number of hydrogen-bond acceptors (Lipinski definition) is 4. The highest BCUT2D eigenvalue weighted by Crippen LogP contribution is 2.61. The van der Waals surface area contributed by atoms with Crippen molar-refractivity contribution in [3.8, 4) is 0 Å². The average molecular weight is 358 g/mol. The smallest absolute Gasteiger partial charge is 0.338 e. The van der Waals surface area contributed by atoms with Crippen LogP contribution in [0.1, 0.15) is 56.3 Å². The Morgan fingerprint density at radius 1 is 1.12 bits per heavy atom. The van der Waals surface area contributed by atoms with E-state index in [2.05, 4.69) is 13.8 Å². The van der Waals surface area contributed by atoms with Crippen LogP contribution in [0, 0.1) is 23.2 Å². The molecule has 1 aromatic carbocycles. The lowest BCUT2D eigenvalue weighted by Crippen LogP contribution is -2.47. The van der Waals surface area contributed by atoms with E-state index in [1.165, 1.54) is 19.3 Å². The van der Waals surface area contributed by atoms with Gasteiger partial charge >= 0.3 is 5.97 Å². The first-order chi connectivity index (χ1) is 12.5. The van der Waals surface area contributed by atoms with E-state index in [4.69, 9.17) is 14.2 Å². The summed E-state index contributed by atoms with van der Waals surface area (Å²) in [4.78, 5) is 12.3. The molecule has 0 spiro atoms. The van der Waals surface area contributed by atoms with E-state index in [1.807, 2.05) is 30.3 Å². The van der Waals surface area contributed by atoms with Crippen LogP contribution in [0.15, 0.2) is 30.3 Å². The molecule has 3 aliphatic rings. The fourth-order valence-corrected chi connectivity index (χ4v) is 5.98. The minimum Gasteiger partial charge on any atom is -0.462 e. The fourth-order valence-electron chi connectivity index (χ4n) is 5.98. The standard InChI is InChI=1S/C22H30O4/c1-21-12-6-9-17(15-24-20(23)16-7-4-3-5-8-16)18(21)10-11-19(21)22(2)25-13-14-26-22/h3-5,7-8,17-19H,6,9-15H2,1-2H3/t17-,18-,19-,21-/m0/s1. The minimum atomic E-state index is -0.438. The summed E-state index contributed by atoms with van der Waals surface area (Å²) in [7, 11) is 0. The molecule has 0 N–H and O–H groups in total. The lowest BCUT2D eigenvalue weighted by molar-refractivity contribution is -0.211. The molecular weight excluding hydrogens is 328 g/mol. The third-order valence-corrected chi connectivity index (χ3v) is 7.20. The van der Waals surface area contributed by atoms with Crippen molar-refractivity contribution in [1.29, 1.82) is 0 Å². The quantitative estimate of drug-likeness (QED) is 0.747. The molecular formula is C22H30O4. The molecule has 0 radical (unpaired) electrons. The predicted octanol–water partition coefficient (Wildman–Crippen LogP) is 4.44. The van der Waals surface area contributed by atoms with Crippen LogP contribution in [0.25, 0.3) is 0 Å². The van der Waals surface area contributed by atoms with Crippen molar-refractivity contribution in [2.24, 2.45) is 23.2 Å². The van der Waals surface area contributed by atoms with Gasteiger partial charge in [0.15, 0.2) is 5.79 Å². The molecule has 2 aliphatic carbocycles. The SMILES string of the molecule is CC1([C@H]2CC[C@H]3[C@H](COC(=O)c4ccccc4)CCC[C@]23C)OCCO1. The van der Waals surface area contributed by atoms with E-state index in [-0.39, 0.29) is 11.4 Å². The van der Waals surface area contributed by atoms with Gasteiger partial charge in [0.05, 0.1) is 25.4 Å². The second-order valence-electron chi connectivity index (χ2n) is 8.57. The number of carbonyl (C=O) groups excluding carboxylic acids is 1. The van der Waals surface area contributed by atoms with Crippen LogP contribution >= 0.6 is 0 Å². The van der Waals surface area contributed by atoms with Crippen LogP contribution in [0.4, 0.5) is 0 Å². The number of ether oxygens (including phenoxy) is 3. The van der Waals surface area contributed by atoms with Gasteiger partial charge in [0, 0.05) is 5.92 Å². The topological polar surface area (TPSA) is 44.8 Å². The molecule has 2 saturated carbocycles. The first kappa shape index (κ1) is 18.0. The van der Waals surface area contributed by atoms with Gasteiger partial charge in [-0.15, -0.1) is 0 Å². The maximum Gasteiger partial charge on any atom is 0.338 e. The number of hydrogen-bond donors (Lipinski definition) is 0. The zero-order chi connectivity index (χ0) is 18.2. The monoisotopic (exact) mass is 358 g/mol. The van der Waals surface area contributed by atoms with Crippen molar-refractivity contribution in [3.63, 3.8) is 0 Å². The molecule has 1 aliphatic heterocycles. The minimum absolute atomic E-state index is 0.207. The van der Waals surface area contributed by atoms with E-state index < -0.39 is 5.79 Å². The van der Waals surface area contributed by atoms with Gasteiger partial charge in [0.2, 0.25) is 0 Å². The lowest BCUT2D eigenvalue weighted by atomic mass is 9.60. The van der Waals surface area contributed by atoms with Gasteiger partial charge in [0.25, 0.3) is 0 Å². The van der Waals surface area contributed by atoms with E-state index in [0.717, 1.165) is 12.8 Å². The summed E-state index contributed by atoms with van der Waals surface area (Å²) in [5.74, 6) is 0.800. The molecule has 3 fully saturated rings. The van der Waals surface area contributed by atoms with E-state index in [1.54, 1.807) is 0 Å². The summed E-state index contributed by atoms with van der Waals surface area (Å²) >= 11 is 0. The van der Waals surface area contributed by atoms with Crippen molar-refractivity contribution in [2.75, 3.05) is 19.8 Å². The second kappa shape index (κ2) is 6.97. The van der Waals surface area contributed by atoms with Crippen molar-refractivity contribution in [3.05, 3.63) is 35.9 Å². The molecule has 0 aromatic heterocycles. The van der Waals surface area contributed by atoms with Crippen LogP contribution in [-0.4, -0.2) is 31.6 Å². The van der Waals surface area contributed by atoms with Crippen molar-refractivity contribution >= 4 is 5.97 Å². The summed E-state index contributed by atoms with van der Waals surface area (Å²) in [6, 6.07) is 9.29. The molecule has 0 amide bonds. The van der Waals surface area contributed by atoms with Crippen molar-refractivity contribution < 1.29 is 19.0 Å². The molecule has 0 unspecified atom stereocenters. The molecule has 26 heavy (non-hydrogen) atoms. The summed E-state index contributed by atoms with van der Waals surface area (Å²) in [6.07, 6.45) is 5.87. The Balaban J connectivity index is 1.44.